The average Bonchev–Trinajstić information content (AvgIpc) is 1.87. The fourth-order valence-corrected chi connectivity index (χ4v) is 1.23. The van der Waals surface area contributed by atoms with Gasteiger partial charge in [-0.25, -0.2) is 0 Å². The fourth-order valence-electron chi connectivity index (χ4n) is 1.23. The molecule has 0 saturated heterocycles. The van der Waals surface area contributed by atoms with Crippen molar-refractivity contribution in [3.8, 4) is 0 Å². The predicted molar refractivity (Wildman–Crippen MR) is 58.2 cm³/mol. The molecule has 0 atom stereocenters. The second-order valence-electron chi connectivity index (χ2n) is 4.06. The lowest BCUT2D eigenvalue weighted by Crippen LogP contribution is -2.06. The number of rotatable bonds is 3. The van der Waals surface area contributed by atoms with Crippen LogP contribution in [0.3, 0.4) is 0 Å². The Kier molecular flexibility index (Phi) is 10.9. The molecule has 0 aliphatic heterocycles. The minimum Gasteiger partial charge on any atom is -0.328 e. The molecular formula is C11H27N. The third-order valence-corrected chi connectivity index (χ3v) is 1.99. The van der Waals surface area contributed by atoms with E-state index in [1.807, 2.05) is 13.8 Å². The van der Waals surface area contributed by atoms with Gasteiger partial charge in [-0.2, -0.15) is 0 Å². The SMILES string of the molecule is CC(C)N.CCC(CC)C(C)C. The van der Waals surface area contributed by atoms with Crippen molar-refractivity contribution in [3.05, 3.63) is 0 Å². The van der Waals surface area contributed by atoms with E-state index in [1.54, 1.807) is 0 Å². The number of hydrogen-bond donors (Lipinski definition) is 1. The Balaban J connectivity index is 0. The van der Waals surface area contributed by atoms with Gasteiger partial charge in [0.25, 0.3) is 0 Å². The topological polar surface area (TPSA) is 26.0 Å². The van der Waals surface area contributed by atoms with Gasteiger partial charge in [-0.3, -0.25) is 0 Å². The summed E-state index contributed by atoms with van der Waals surface area (Å²) in [5.41, 5.74) is 5.11. The van der Waals surface area contributed by atoms with Gasteiger partial charge in [-0.1, -0.05) is 54.4 Å². The minimum atomic E-state index is 0.333. The highest BCUT2D eigenvalue weighted by Gasteiger charge is 2.06. The van der Waals surface area contributed by atoms with Crippen LogP contribution in [0.1, 0.15) is 54.4 Å². The first-order valence-corrected chi connectivity index (χ1v) is 5.21. The van der Waals surface area contributed by atoms with Gasteiger partial charge >= 0.3 is 0 Å². The van der Waals surface area contributed by atoms with Crippen LogP contribution in [-0.4, -0.2) is 6.04 Å². The average molecular weight is 173 g/mol. The van der Waals surface area contributed by atoms with Crippen LogP contribution in [0.5, 0.6) is 0 Å². The summed E-state index contributed by atoms with van der Waals surface area (Å²) < 4.78 is 0. The second-order valence-corrected chi connectivity index (χ2v) is 4.06. The van der Waals surface area contributed by atoms with Crippen LogP contribution in [0.25, 0.3) is 0 Å². The van der Waals surface area contributed by atoms with E-state index in [1.165, 1.54) is 12.8 Å². The summed E-state index contributed by atoms with van der Waals surface area (Å²) in [6.45, 7) is 13.0. The summed E-state index contributed by atoms with van der Waals surface area (Å²) >= 11 is 0. The van der Waals surface area contributed by atoms with E-state index in [0.717, 1.165) is 11.8 Å². The molecule has 0 aromatic carbocycles. The van der Waals surface area contributed by atoms with E-state index in [4.69, 9.17) is 5.73 Å². The Morgan fingerprint density at radius 1 is 0.917 bits per heavy atom. The zero-order valence-corrected chi connectivity index (χ0v) is 9.72. The maximum absolute atomic E-state index is 5.11. The molecule has 0 radical (unpaired) electrons. The van der Waals surface area contributed by atoms with Crippen LogP contribution in [0.2, 0.25) is 0 Å². The van der Waals surface area contributed by atoms with Crippen LogP contribution in [-0.2, 0) is 0 Å². The maximum Gasteiger partial charge on any atom is -0.00179 e. The molecule has 0 aromatic heterocycles. The van der Waals surface area contributed by atoms with Crippen molar-refractivity contribution in [2.24, 2.45) is 17.6 Å². The molecule has 0 bridgehead atoms. The molecule has 0 aliphatic rings. The lowest BCUT2D eigenvalue weighted by molar-refractivity contribution is 0.362. The van der Waals surface area contributed by atoms with Gasteiger partial charge in [0.1, 0.15) is 0 Å². The number of nitrogens with two attached hydrogens (primary N) is 1. The van der Waals surface area contributed by atoms with E-state index in [9.17, 15) is 0 Å². The zero-order chi connectivity index (χ0) is 10.1. The van der Waals surface area contributed by atoms with Crippen LogP contribution in [0.4, 0.5) is 0 Å². The zero-order valence-electron chi connectivity index (χ0n) is 9.72. The standard InChI is InChI=1S/C8H18.C3H9N/c1-5-8(6-2)7(3)4;1-3(2)4/h7-8H,5-6H2,1-4H3;3H,4H2,1-2H3. The Bertz CT molecular complexity index is 70.3. The largest absolute Gasteiger partial charge is 0.328 e. The third-order valence-electron chi connectivity index (χ3n) is 1.99. The van der Waals surface area contributed by atoms with Crippen molar-refractivity contribution in [1.82, 2.24) is 0 Å². The normalized spacial score (nSPS) is 10.5. The van der Waals surface area contributed by atoms with Crippen molar-refractivity contribution >= 4 is 0 Å². The van der Waals surface area contributed by atoms with Crippen molar-refractivity contribution < 1.29 is 0 Å². The predicted octanol–water partition coefficient (Wildman–Crippen LogP) is 3.43. The van der Waals surface area contributed by atoms with Gasteiger partial charge in [0.05, 0.1) is 0 Å². The molecule has 0 aromatic rings. The molecule has 0 rings (SSSR count). The second kappa shape index (κ2) is 9.05. The molecule has 0 fully saturated rings. The van der Waals surface area contributed by atoms with Crippen molar-refractivity contribution in [2.75, 3.05) is 0 Å². The quantitative estimate of drug-likeness (QED) is 0.695. The smallest absolute Gasteiger partial charge is 0.00179 e. The molecule has 1 heteroatoms. The number of hydrogen-bond acceptors (Lipinski definition) is 1. The fraction of sp³-hybridized carbons (Fsp3) is 1.00. The van der Waals surface area contributed by atoms with E-state index in [-0.39, 0.29) is 0 Å². The van der Waals surface area contributed by atoms with Crippen LogP contribution in [0, 0.1) is 11.8 Å². The maximum atomic E-state index is 5.11. The molecule has 76 valence electrons. The van der Waals surface area contributed by atoms with Gasteiger partial charge in [0, 0.05) is 0 Å². The molecule has 0 saturated carbocycles. The van der Waals surface area contributed by atoms with Gasteiger partial charge in [0.15, 0.2) is 0 Å². The first kappa shape index (κ1) is 14.5. The van der Waals surface area contributed by atoms with Gasteiger partial charge < -0.3 is 5.73 Å². The molecule has 2 N–H and O–H groups in total. The van der Waals surface area contributed by atoms with Gasteiger partial charge in [-0.15, -0.1) is 0 Å². The van der Waals surface area contributed by atoms with Crippen LogP contribution >= 0.6 is 0 Å². The highest BCUT2D eigenvalue weighted by atomic mass is 14.6. The highest BCUT2D eigenvalue weighted by Crippen LogP contribution is 2.17. The molecule has 0 heterocycles. The van der Waals surface area contributed by atoms with E-state index in [2.05, 4.69) is 27.7 Å². The Morgan fingerprint density at radius 2 is 1.17 bits per heavy atom. The monoisotopic (exact) mass is 173 g/mol. The Hall–Kier alpha value is -0.0400. The summed E-state index contributed by atoms with van der Waals surface area (Å²) in [6.07, 6.45) is 2.68. The van der Waals surface area contributed by atoms with Crippen molar-refractivity contribution in [1.29, 1.82) is 0 Å². The molecule has 0 aliphatic carbocycles. The van der Waals surface area contributed by atoms with E-state index < -0.39 is 0 Å². The molecule has 0 spiro atoms. The molecule has 0 unspecified atom stereocenters. The summed E-state index contributed by atoms with van der Waals surface area (Å²) in [6, 6.07) is 0.333. The Labute approximate surface area is 78.7 Å². The first-order chi connectivity index (χ1) is 5.45. The van der Waals surface area contributed by atoms with Crippen LogP contribution in [0.15, 0.2) is 0 Å². The highest BCUT2D eigenvalue weighted by molar-refractivity contribution is 4.57. The van der Waals surface area contributed by atoms with Crippen molar-refractivity contribution in [3.63, 3.8) is 0 Å². The summed E-state index contributed by atoms with van der Waals surface area (Å²) in [5.74, 6) is 1.83. The lowest BCUT2D eigenvalue weighted by Gasteiger charge is -2.15. The van der Waals surface area contributed by atoms with E-state index >= 15 is 0 Å². The summed E-state index contributed by atoms with van der Waals surface area (Å²) in [5, 5.41) is 0. The first-order valence-electron chi connectivity index (χ1n) is 5.21. The lowest BCUT2D eigenvalue weighted by atomic mass is 9.91. The summed E-state index contributed by atoms with van der Waals surface area (Å²) in [7, 11) is 0. The van der Waals surface area contributed by atoms with Crippen LogP contribution < -0.4 is 5.73 Å². The van der Waals surface area contributed by atoms with Crippen molar-refractivity contribution in [2.45, 2.75) is 60.4 Å². The molecule has 0 amide bonds. The van der Waals surface area contributed by atoms with Gasteiger partial charge in [-0.05, 0) is 17.9 Å². The summed E-state index contributed by atoms with van der Waals surface area (Å²) in [4.78, 5) is 0. The third kappa shape index (κ3) is 12.6. The molecule has 12 heavy (non-hydrogen) atoms. The molecule has 1 nitrogen and oxygen atoms in total. The molecular weight excluding hydrogens is 146 g/mol. The minimum absolute atomic E-state index is 0.333. The van der Waals surface area contributed by atoms with Gasteiger partial charge in [0.2, 0.25) is 0 Å². The van der Waals surface area contributed by atoms with E-state index in [0.29, 0.717) is 6.04 Å². The Morgan fingerprint density at radius 3 is 1.17 bits per heavy atom.